The van der Waals surface area contributed by atoms with E-state index in [4.69, 9.17) is 4.74 Å². The first-order valence-electron chi connectivity index (χ1n) is 8.66. The Labute approximate surface area is 141 Å². The quantitative estimate of drug-likeness (QED) is 0.701. The zero-order valence-corrected chi connectivity index (χ0v) is 15.2. The lowest BCUT2D eigenvalue weighted by Gasteiger charge is -2.20. The Kier molecular flexibility index (Phi) is 8.10. The van der Waals surface area contributed by atoms with Gasteiger partial charge in [-0.15, -0.1) is 0 Å². The van der Waals surface area contributed by atoms with Gasteiger partial charge in [0.05, 0.1) is 0 Å². The van der Waals surface area contributed by atoms with Crippen LogP contribution < -0.4 is 10.6 Å². The summed E-state index contributed by atoms with van der Waals surface area (Å²) in [5.74, 6) is 0. The van der Waals surface area contributed by atoms with Crippen molar-refractivity contribution in [1.82, 2.24) is 5.32 Å². The van der Waals surface area contributed by atoms with Crippen LogP contribution in [0.4, 0.5) is 10.5 Å². The maximum absolute atomic E-state index is 11.7. The van der Waals surface area contributed by atoms with Crippen LogP contribution >= 0.6 is 0 Å². The van der Waals surface area contributed by atoms with E-state index < -0.39 is 11.7 Å². The number of rotatable bonds is 8. The van der Waals surface area contributed by atoms with Crippen molar-refractivity contribution in [2.75, 3.05) is 5.32 Å². The highest BCUT2D eigenvalue weighted by atomic mass is 16.6. The molecule has 0 aliphatic rings. The fraction of sp³-hybridized carbons (Fsp3) is 0.632. The molecule has 130 valence electrons. The molecule has 0 unspecified atom stereocenters. The molecule has 0 aliphatic carbocycles. The maximum atomic E-state index is 11.7. The van der Waals surface area contributed by atoms with Crippen LogP contribution in [0.1, 0.15) is 65.9 Å². The van der Waals surface area contributed by atoms with Crippen LogP contribution in [0.3, 0.4) is 0 Å². The number of hydrogen-bond donors (Lipinski definition) is 2. The first kappa shape index (κ1) is 19.5. The molecular weight excluding hydrogens is 288 g/mol. The summed E-state index contributed by atoms with van der Waals surface area (Å²) in [6.45, 7) is 10.9. The van der Waals surface area contributed by atoms with Gasteiger partial charge in [0.1, 0.15) is 5.60 Å². The summed E-state index contributed by atoms with van der Waals surface area (Å²) in [7, 11) is 0. The van der Waals surface area contributed by atoms with Crippen molar-refractivity contribution in [2.24, 2.45) is 0 Å². The summed E-state index contributed by atoms with van der Waals surface area (Å²) in [6, 6.07) is 8.48. The smallest absolute Gasteiger partial charge is 0.412 e. The van der Waals surface area contributed by atoms with E-state index in [9.17, 15) is 4.79 Å². The van der Waals surface area contributed by atoms with Crippen LogP contribution in [0.2, 0.25) is 0 Å². The molecule has 0 saturated carbocycles. The molecule has 0 fully saturated rings. The molecule has 4 heteroatoms. The third kappa shape index (κ3) is 8.60. The number of carbonyl (C=O) groups excluding carboxylic acids is 1. The Balaban J connectivity index is 2.48. The molecular formula is C19H32N2O2. The first-order valence-corrected chi connectivity index (χ1v) is 8.66. The Hall–Kier alpha value is -1.55. The summed E-state index contributed by atoms with van der Waals surface area (Å²) in [4.78, 5) is 11.7. The van der Waals surface area contributed by atoms with Crippen molar-refractivity contribution in [3.8, 4) is 0 Å². The van der Waals surface area contributed by atoms with Gasteiger partial charge >= 0.3 is 6.09 Å². The molecule has 0 heterocycles. The van der Waals surface area contributed by atoms with Gasteiger partial charge in [0.25, 0.3) is 0 Å². The SMILES string of the molecule is CCCC(CCC)NCc1ccc(NC(=O)OC(C)(C)C)cc1. The largest absolute Gasteiger partial charge is 0.444 e. The van der Waals surface area contributed by atoms with Gasteiger partial charge in [0.2, 0.25) is 0 Å². The van der Waals surface area contributed by atoms with E-state index in [1.54, 1.807) is 0 Å². The number of amides is 1. The molecule has 0 aliphatic heterocycles. The lowest BCUT2D eigenvalue weighted by Crippen LogP contribution is -2.28. The maximum Gasteiger partial charge on any atom is 0.412 e. The van der Waals surface area contributed by atoms with Gasteiger partial charge in [-0.25, -0.2) is 4.79 Å². The molecule has 1 aromatic carbocycles. The van der Waals surface area contributed by atoms with Crippen molar-refractivity contribution >= 4 is 11.8 Å². The van der Waals surface area contributed by atoms with Gasteiger partial charge in [-0.2, -0.15) is 0 Å². The van der Waals surface area contributed by atoms with E-state index in [2.05, 4.69) is 24.5 Å². The number of anilines is 1. The molecule has 1 aromatic rings. The van der Waals surface area contributed by atoms with Crippen molar-refractivity contribution in [2.45, 2.75) is 78.5 Å². The van der Waals surface area contributed by atoms with E-state index in [-0.39, 0.29) is 0 Å². The third-order valence-corrected chi connectivity index (χ3v) is 3.47. The average Bonchev–Trinajstić information content (AvgIpc) is 2.44. The number of hydrogen-bond acceptors (Lipinski definition) is 3. The second kappa shape index (κ2) is 9.56. The number of carbonyl (C=O) groups is 1. The second-order valence-electron chi connectivity index (χ2n) is 6.98. The molecule has 2 N–H and O–H groups in total. The molecule has 4 nitrogen and oxygen atoms in total. The Morgan fingerprint density at radius 2 is 1.65 bits per heavy atom. The Morgan fingerprint density at radius 1 is 1.09 bits per heavy atom. The van der Waals surface area contributed by atoms with E-state index in [1.165, 1.54) is 31.2 Å². The Morgan fingerprint density at radius 3 is 2.13 bits per heavy atom. The van der Waals surface area contributed by atoms with E-state index >= 15 is 0 Å². The summed E-state index contributed by atoms with van der Waals surface area (Å²) in [5.41, 5.74) is 1.49. The van der Waals surface area contributed by atoms with E-state index in [0.29, 0.717) is 6.04 Å². The molecule has 0 spiro atoms. The number of nitrogens with one attached hydrogen (secondary N) is 2. The first-order chi connectivity index (χ1) is 10.8. The van der Waals surface area contributed by atoms with Crippen LogP contribution in [-0.4, -0.2) is 17.7 Å². The molecule has 0 atom stereocenters. The van der Waals surface area contributed by atoms with E-state index in [1.807, 2.05) is 45.0 Å². The van der Waals surface area contributed by atoms with Crippen LogP contribution in [0, 0.1) is 0 Å². The van der Waals surface area contributed by atoms with Gasteiger partial charge in [-0.05, 0) is 51.3 Å². The molecule has 23 heavy (non-hydrogen) atoms. The molecule has 1 amide bonds. The van der Waals surface area contributed by atoms with Crippen LogP contribution in [0.25, 0.3) is 0 Å². The van der Waals surface area contributed by atoms with Gasteiger partial charge < -0.3 is 10.1 Å². The monoisotopic (exact) mass is 320 g/mol. The third-order valence-electron chi connectivity index (χ3n) is 3.47. The minimum absolute atomic E-state index is 0.422. The summed E-state index contributed by atoms with van der Waals surface area (Å²) in [5, 5.41) is 6.37. The number of ether oxygens (including phenoxy) is 1. The molecule has 0 radical (unpaired) electrons. The topological polar surface area (TPSA) is 50.4 Å². The van der Waals surface area contributed by atoms with Crippen molar-refractivity contribution < 1.29 is 9.53 Å². The fourth-order valence-corrected chi connectivity index (χ4v) is 2.43. The normalized spacial score (nSPS) is 11.6. The van der Waals surface area contributed by atoms with Crippen molar-refractivity contribution in [3.05, 3.63) is 29.8 Å². The Bertz CT molecular complexity index is 457. The van der Waals surface area contributed by atoms with Crippen molar-refractivity contribution in [3.63, 3.8) is 0 Å². The predicted molar refractivity (Wildman–Crippen MR) is 96.7 cm³/mol. The summed E-state index contributed by atoms with van der Waals surface area (Å²) >= 11 is 0. The zero-order valence-electron chi connectivity index (χ0n) is 15.2. The highest BCUT2D eigenvalue weighted by molar-refractivity contribution is 5.84. The fourth-order valence-electron chi connectivity index (χ4n) is 2.43. The number of benzene rings is 1. The predicted octanol–water partition coefficient (Wildman–Crippen LogP) is 5.09. The minimum atomic E-state index is -0.485. The summed E-state index contributed by atoms with van der Waals surface area (Å²) < 4.78 is 5.24. The molecule has 0 saturated heterocycles. The molecule has 0 aromatic heterocycles. The zero-order chi connectivity index (χ0) is 17.3. The van der Waals surface area contributed by atoms with Crippen molar-refractivity contribution in [1.29, 1.82) is 0 Å². The second-order valence-corrected chi connectivity index (χ2v) is 6.98. The van der Waals surface area contributed by atoms with Crippen LogP contribution in [0.15, 0.2) is 24.3 Å². The van der Waals surface area contributed by atoms with Gasteiger partial charge in [0, 0.05) is 18.3 Å². The minimum Gasteiger partial charge on any atom is -0.444 e. The van der Waals surface area contributed by atoms with Crippen LogP contribution in [0.5, 0.6) is 0 Å². The lowest BCUT2D eigenvalue weighted by molar-refractivity contribution is 0.0636. The van der Waals surface area contributed by atoms with Crippen LogP contribution in [-0.2, 0) is 11.3 Å². The highest BCUT2D eigenvalue weighted by Gasteiger charge is 2.16. The average molecular weight is 320 g/mol. The van der Waals surface area contributed by atoms with Gasteiger partial charge in [-0.3, -0.25) is 5.32 Å². The standard InChI is InChI=1S/C19H32N2O2/c1-6-8-16(9-7-2)20-14-15-10-12-17(13-11-15)21-18(22)23-19(3,4)5/h10-13,16,20H,6-9,14H2,1-5H3,(H,21,22). The summed E-state index contributed by atoms with van der Waals surface area (Å²) in [6.07, 6.45) is 4.42. The molecule has 0 bridgehead atoms. The highest BCUT2D eigenvalue weighted by Crippen LogP contribution is 2.13. The van der Waals surface area contributed by atoms with Gasteiger partial charge in [-0.1, -0.05) is 38.8 Å². The lowest BCUT2D eigenvalue weighted by atomic mass is 10.1. The van der Waals surface area contributed by atoms with Gasteiger partial charge in [0.15, 0.2) is 0 Å². The molecule has 1 rings (SSSR count). The van der Waals surface area contributed by atoms with E-state index in [0.717, 1.165) is 12.2 Å².